The number of ether oxygens (including phenoxy) is 1. The van der Waals surface area contributed by atoms with E-state index in [9.17, 15) is 0 Å². The van der Waals surface area contributed by atoms with Crippen molar-refractivity contribution in [2.45, 2.75) is 0 Å². The molecule has 4 aliphatic heterocycles. The first-order valence-corrected chi connectivity index (χ1v) is 16.6. The summed E-state index contributed by atoms with van der Waals surface area (Å²) in [6.45, 7) is 0. The molecule has 31 heavy (non-hydrogen) atoms. The van der Waals surface area contributed by atoms with E-state index < -0.39 is 0 Å². The first-order chi connectivity index (χ1) is 15.2. The molecule has 0 bridgehead atoms. The van der Waals surface area contributed by atoms with Crippen LogP contribution in [0.3, 0.4) is 0 Å². The molecule has 4 aliphatic rings. The summed E-state index contributed by atoms with van der Waals surface area (Å²) in [7, 11) is 0. The Morgan fingerprint density at radius 3 is 1.45 bits per heavy atom. The van der Waals surface area contributed by atoms with E-state index in [-0.39, 0.29) is 0 Å². The molecule has 2 aromatic rings. The summed E-state index contributed by atoms with van der Waals surface area (Å²) in [6, 6.07) is 16.8. The number of rotatable bonds is 2. The van der Waals surface area contributed by atoms with Crippen molar-refractivity contribution in [3.8, 4) is 11.5 Å². The molecule has 9 heteroatoms. The van der Waals surface area contributed by atoms with Crippen LogP contribution in [0, 0.1) is 0 Å². The molecule has 156 valence electrons. The third kappa shape index (κ3) is 3.87. The SMILES string of the molecule is CSC1=C(SC)SC(=C2SC3=C(S2)SC(=C2c4ccccc4Oc4ccccc42)S3)S1. The molecule has 0 spiro atoms. The second kappa shape index (κ2) is 8.98. The summed E-state index contributed by atoms with van der Waals surface area (Å²) in [4.78, 5) is 0. The number of hydrogen-bond acceptors (Lipinski definition) is 9. The lowest BCUT2D eigenvalue weighted by Crippen LogP contribution is -2.02. The minimum Gasteiger partial charge on any atom is -0.456 e. The molecule has 0 amide bonds. The van der Waals surface area contributed by atoms with Gasteiger partial charge in [0.25, 0.3) is 0 Å². The van der Waals surface area contributed by atoms with Gasteiger partial charge in [-0.05, 0) is 24.6 Å². The van der Waals surface area contributed by atoms with Gasteiger partial charge in [-0.25, -0.2) is 0 Å². The van der Waals surface area contributed by atoms with Crippen LogP contribution in [0.5, 0.6) is 11.5 Å². The molecule has 0 saturated heterocycles. The van der Waals surface area contributed by atoms with Gasteiger partial charge in [-0.15, -0.1) is 23.5 Å². The molecule has 0 fully saturated rings. The van der Waals surface area contributed by atoms with Crippen LogP contribution in [0.25, 0.3) is 5.57 Å². The zero-order valence-corrected chi connectivity index (χ0v) is 22.8. The highest BCUT2D eigenvalue weighted by Gasteiger charge is 2.37. The molecule has 0 saturated carbocycles. The highest BCUT2D eigenvalue weighted by molar-refractivity contribution is 8.49. The van der Waals surface area contributed by atoms with Crippen LogP contribution in [0.1, 0.15) is 11.1 Å². The molecular formula is C22H14OS8. The van der Waals surface area contributed by atoms with Gasteiger partial charge in [-0.3, -0.25) is 0 Å². The van der Waals surface area contributed by atoms with E-state index in [0.29, 0.717) is 0 Å². The van der Waals surface area contributed by atoms with Crippen molar-refractivity contribution in [1.29, 1.82) is 0 Å². The lowest BCUT2D eigenvalue weighted by molar-refractivity contribution is 0.474. The van der Waals surface area contributed by atoms with Crippen LogP contribution in [-0.4, -0.2) is 12.5 Å². The third-order valence-electron chi connectivity index (χ3n) is 4.72. The van der Waals surface area contributed by atoms with Crippen molar-refractivity contribution in [2.75, 3.05) is 12.5 Å². The summed E-state index contributed by atoms with van der Waals surface area (Å²) in [6.07, 6.45) is 4.35. The Kier molecular flexibility index (Phi) is 6.24. The maximum Gasteiger partial charge on any atom is 0.135 e. The van der Waals surface area contributed by atoms with E-state index in [4.69, 9.17) is 4.74 Å². The average molecular weight is 551 g/mol. The van der Waals surface area contributed by atoms with Crippen molar-refractivity contribution >= 4 is 99.7 Å². The van der Waals surface area contributed by atoms with Crippen molar-refractivity contribution in [3.05, 3.63) is 89.3 Å². The molecule has 0 atom stereocenters. The minimum absolute atomic E-state index is 0.944. The Labute approximate surface area is 215 Å². The zero-order valence-electron chi connectivity index (χ0n) is 16.3. The lowest BCUT2D eigenvalue weighted by Gasteiger charge is -2.24. The molecule has 6 rings (SSSR count). The summed E-state index contributed by atoms with van der Waals surface area (Å²) >= 11 is 15.3. The highest BCUT2D eigenvalue weighted by atomic mass is 32.3. The molecule has 0 aliphatic carbocycles. The normalized spacial score (nSPS) is 19.8. The van der Waals surface area contributed by atoms with Crippen LogP contribution in [0.4, 0.5) is 0 Å². The predicted molar refractivity (Wildman–Crippen MR) is 153 cm³/mol. The maximum atomic E-state index is 6.19. The van der Waals surface area contributed by atoms with Gasteiger partial charge < -0.3 is 4.74 Å². The Morgan fingerprint density at radius 1 is 0.548 bits per heavy atom. The second-order valence-electron chi connectivity index (χ2n) is 6.50. The quantitative estimate of drug-likeness (QED) is 0.305. The monoisotopic (exact) mass is 550 g/mol. The summed E-state index contributed by atoms with van der Waals surface area (Å²) in [5.74, 6) is 1.89. The van der Waals surface area contributed by atoms with E-state index in [2.05, 4.69) is 48.9 Å². The van der Waals surface area contributed by atoms with Crippen molar-refractivity contribution in [1.82, 2.24) is 0 Å². The molecule has 1 nitrogen and oxygen atoms in total. The topological polar surface area (TPSA) is 9.23 Å². The minimum atomic E-state index is 0.944. The Balaban J connectivity index is 1.32. The van der Waals surface area contributed by atoms with Gasteiger partial charge >= 0.3 is 0 Å². The van der Waals surface area contributed by atoms with Crippen LogP contribution < -0.4 is 4.74 Å². The first kappa shape index (κ1) is 21.5. The second-order valence-corrected chi connectivity index (χ2v) is 16.1. The largest absolute Gasteiger partial charge is 0.456 e. The standard InChI is InChI=1S/C22H14OS8/c1-24-17-18(25-2)29-21(28-17)22-30-19-20(31-22)27-16(26-19)15-11-7-3-5-9-13(11)23-14-10-6-4-8-12(14)15/h3-10H,1-2H3. The maximum absolute atomic E-state index is 6.19. The number of para-hydroxylation sites is 2. The fraction of sp³-hybridized carbons (Fsp3) is 0.0909. The third-order valence-corrected chi connectivity index (χ3v) is 16.1. The predicted octanol–water partition coefficient (Wildman–Crippen LogP) is 10.1. The molecule has 0 aromatic heterocycles. The van der Waals surface area contributed by atoms with Crippen molar-refractivity contribution in [2.24, 2.45) is 0 Å². The van der Waals surface area contributed by atoms with Gasteiger partial charge in [0.05, 0.1) is 29.7 Å². The summed E-state index contributed by atoms with van der Waals surface area (Å²) in [5.41, 5.74) is 3.68. The van der Waals surface area contributed by atoms with Crippen molar-refractivity contribution < 1.29 is 4.74 Å². The van der Waals surface area contributed by atoms with Crippen LogP contribution in [0.2, 0.25) is 0 Å². The average Bonchev–Trinajstić information content (AvgIpc) is 3.49. The van der Waals surface area contributed by atoms with Gasteiger partial charge in [0.1, 0.15) is 11.5 Å². The lowest BCUT2D eigenvalue weighted by atomic mass is 9.95. The summed E-state index contributed by atoms with van der Waals surface area (Å²) < 4.78 is 16.1. The molecule has 0 radical (unpaired) electrons. The van der Waals surface area contributed by atoms with Gasteiger partial charge in [-0.1, -0.05) is 107 Å². The number of fused-ring (bicyclic) bond motifs is 2. The van der Waals surface area contributed by atoms with Gasteiger partial charge in [0, 0.05) is 16.7 Å². The van der Waals surface area contributed by atoms with Gasteiger partial charge in [0.2, 0.25) is 0 Å². The molecule has 2 aromatic carbocycles. The smallest absolute Gasteiger partial charge is 0.135 e. The van der Waals surface area contributed by atoms with Gasteiger partial charge in [-0.2, -0.15) is 0 Å². The highest BCUT2D eigenvalue weighted by Crippen LogP contribution is 2.71. The van der Waals surface area contributed by atoms with E-state index in [1.807, 2.05) is 106 Å². The van der Waals surface area contributed by atoms with E-state index in [1.165, 1.54) is 46.4 Å². The number of thioether (sulfide) groups is 8. The van der Waals surface area contributed by atoms with Gasteiger partial charge in [0.15, 0.2) is 0 Å². The molecular weight excluding hydrogens is 537 g/mol. The number of benzene rings is 2. The first-order valence-electron chi connectivity index (χ1n) is 9.24. The van der Waals surface area contributed by atoms with Crippen LogP contribution >= 0.6 is 94.1 Å². The van der Waals surface area contributed by atoms with E-state index >= 15 is 0 Å². The molecule has 4 heterocycles. The Morgan fingerprint density at radius 2 is 0.968 bits per heavy atom. The number of hydrogen-bond donors (Lipinski definition) is 0. The Hall–Kier alpha value is -0.000000000000000111. The molecule has 0 N–H and O–H groups in total. The Bertz CT molecular complexity index is 1150. The fourth-order valence-electron chi connectivity index (χ4n) is 3.39. The summed E-state index contributed by atoms with van der Waals surface area (Å²) in [5, 5.41) is 0. The van der Waals surface area contributed by atoms with Crippen LogP contribution in [-0.2, 0) is 0 Å². The van der Waals surface area contributed by atoms with Crippen LogP contribution in [0.15, 0.2) is 78.2 Å². The fourth-order valence-corrected chi connectivity index (χ4v) is 15.2. The molecule has 0 unspecified atom stereocenters. The van der Waals surface area contributed by atoms with Crippen molar-refractivity contribution in [3.63, 3.8) is 0 Å². The van der Waals surface area contributed by atoms with E-state index in [0.717, 1.165) is 11.5 Å². The van der Waals surface area contributed by atoms with E-state index in [1.54, 1.807) is 0 Å². The zero-order chi connectivity index (χ0) is 20.9.